The number of thioether (sulfide) groups is 1. The van der Waals surface area contributed by atoms with Crippen LogP contribution in [0.5, 0.6) is 0 Å². The van der Waals surface area contributed by atoms with Crippen molar-refractivity contribution < 1.29 is 9.18 Å². The maximum absolute atomic E-state index is 12.9. The van der Waals surface area contributed by atoms with E-state index in [0.29, 0.717) is 16.4 Å². The Labute approximate surface area is 147 Å². The molecule has 0 unspecified atom stereocenters. The number of aryl methyl sites for hydroxylation is 1. The minimum atomic E-state index is -0.377. The standard InChI is InChI=1S/C17H14FN3OS2/c1-11-2-8-14(9-3-11)23-10-15-20-21-17(24-15)19-16(22)12-4-6-13(18)7-5-12/h2-9H,10H2,1H3,(H,19,21,22). The van der Waals surface area contributed by atoms with Crippen LogP contribution in [0, 0.1) is 12.7 Å². The van der Waals surface area contributed by atoms with Crippen LogP contribution in [0.15, 0.2) is 53.4 Å². The van der Waals surface area contributed by atoms with E-state index in [1.54, 1.807) is 11.8 Å². The highest BCUT2D eigenvalue weighted by Gasteiger charge is 2.10. The Hall–Kier alpha value is -2.25. The van der Waals surface area contributed by atoms with Crippen molar-refractivity contribution in [3.63, 3.8) is 0 Å². The quantitative estimate of drug-likeness (QED) is 0.680. The second-order valence-corrected chi connectivity index (χ2v) is 7.17. The molecule has 1 N–H and O–H groups in total. The zero-order chi connectivity index (χ0) is 16.9. The molecule has 4 nitrogen and oxygen atoms in total. The summed E-state index contributed by atoms with van der Waals surface area (Å²) in [6, 6.07) is 13.6. The van der Waals surface area contributed by atoms with Gasteiger partial charge in [-0.15, -0.1) is 22.0 Å². The third-order valence-corrected chi connectivity index (χ3v) is 5.22. The van der Waals surface area contributed by atoms with Crippen molar-refractivity contribution in [2.24, 2.45) is 0 Å². The van der Waals surface area contributed by atoms with E-state index in [1.807, 2.05) is 0 Å². The van der Waals surface area contributed by atoms with Gasteiger partial charge < -0.3 is 0 Å². The van der Waals surface area contributed by atoms with Gasteiger partial charge in [-0.3, -0.25) is 10.1 Å². The molecule has 122 valence electrons. The molecule has 0 saturated heterocycles. The van der Waals surface area contributed by atoms with E-state index in [-0.39, 0.29) is 11.7 Å². The first-order valence-electron chi connectivity index (χ1n) is 7.19. The Bertz CT molecular complexity index is 832. The molecule has 1 amide bonds. The lowest BCUT2D eigenvalue weighted by atomic mass is 10.2. The highest BCUT2D eigenvalue weighted by Crippen LogP contribution is 2.26. The van der Waals surface area contributed by atoms with Crippen molar-refractivity contribution in [2.45, 2.75) is 17.6 Å². The first-order chi connectivity index (χ1) is 11.6. The first kappa shape index (κ1) is 16.6. The van der Waals surface area contributed by atoms with Crippen molar-refractivity contribution in [3.05, 3.63) is 70.5 Å². The summed E-state index contributed by atoms with van der Waals surface area (Å²) in [5, 5.41) is 12.0. The minimum Gasteiger partial charge on any atom is -0.296 e. The monoisotopic (exact) mass is 359 g/mol. The summed E-state index contributed by atoms with van der Waals surface area (Å²) in [5.74, 6) is -0.0190. The van der Waals surface area contributed by atoms with E-state index in [2.05, 4.69) is 46.7 Å². The lowest BCUT2D eigenvalue weighted by Gasteiger charge is -2.00. The molecule has 24 heavy (non-hydrogen) atoms. The van der Waals surface area contributed by atoms with E-state index in [4.69, 9.17) is 0 Å². The summed E-state index contributed by atoms with van der Waals surface area (Å²) < 4.78 is 12.9. The van der Waals surface area contributed by atoms with Gasteiger partial charge in [-0.1, -0.05) is 29.0 Å². The Morgan fingerprint density at radius 2 is 1.83 bits per heavy atom. The maximum atomic E-state index is 12.9. The van der Waals surface area contributed by atoms with E-state index >= 15 is 0 Å². The second kappa shape index (κ2) is 7.55. The van der Waals surface area contributed by atoms with Gasteiger partial charge in [0.2, 0.25) is 5.13 Å². The predicted octanol–water partition coefficient (Wildman–Crippen LogP) is 4.53. The number of anilines is 1. The number of aromatic nitrogens is 2. The highest BCUT2D eigenvalue weighted by atomic mass is 32.2. The maximum Gasteiger partial charge on any atom is 0.257 e. The van der Waals surface area contributed by atoms with Crippen LogP contribution in [0.4, 0.5) is 9.52 Å². The van der Waals surface area contributed by atoms with Gasteiger partial charge >= 0.3 is 0 Å². The molecule has 0 bridgehead atoms. The molecule has 0 spiro atoms. The number of hydrogen-bond acceptors (Lipinski definition) is 5. The number of carbonyl (C=O) groups excluding carboxylic acids is 1. The molecule has 0 saturated carbocycles. The second-order valence-electron chi connectivity index (χ2n) is 5.06. The van der Waals surface area contributed by atoms with Crippen LogP contribution in [0.25, 0.3) is 0 Å². The van der Waals surface area contributed by atoms with E-state index in [9.17, 15) is 9.18 Å². The number of amides is 1. The molecule has 1 heterocycles. The van der Waals surface area contributed by atoms with Crippen molar-refractivity contribution in [3.8, 4) is 0 Å². The third kappa shape index (κ3) is 4.39. The van der Waals surface area contributed by atoms with Gasteiger partial charge in [-0.05, 0) is 43.3 Å². The summed E-state index contributed by atoms with van der Waals surface area (Å²) in [7, 11) is 0. The third-order valence-electron chi connectivity index (χ3n) is 3.18. The molecule has 3 rings (SSSR count). The first-order valence-corrected chi connectivity index (χ1v) is 8.99. The van der Waals surface area contributed by atoms with Crippen molar-refractivity contribution in [1.82, 2.24) is 10.2 Å². The van der Waals surface area contributed by atoms with Crippen molar-refractivity contribution >= 4 is 34.1 Å². The molecule has 0 atom stereocenters. The molecular weight excluding hydrogens is 345 g/mol. The molecule has 1 aromatic heterocycles. The van der Waals surface area contributed by atoms with E-state index in [0.717, 1.165) is 9.90 Å². The van der Waals surface area contributed by atoms with Crippen LogP contribution in [0.3, 0.4) is 0 Å². The summed E-state index contributed by atoms with van der Waals surface area (Å²) in [6.45, 7) is 2.05. The topological polar surface area (TPSA) is 54.9 Å². The predicted molar refractivity (Wildman–Crippen MR) is 95.0 cm³/mol. The molecule has 2 aromatic carbocycles. The summed E-state index contributed by atoms with van der Waals surface area (Å²) in [6.07, 6.45) is 0. The van der Waals surface area contributed by atoms with Gasteiger partial charge in [0, 0.05) is 10.5 Å². The zero-order valence-corrected chi connectivity index (χ0v) is 14.5. The summed E-state index contributed by atoms with van der Waals surface area (Å²) >= 11 is 3.00. The molecule has 0 aliphatic heterocycles. The van der Waals surface area contributed by atoms with Crippen molar-refractivity contribution in [1.29, 1.82) is 0 Å². The van der Waals surface area contributed by atoms with Gasteiger partial charge in [0.15, 0.2) is 0 Å². The fourth-order valence-corrected chi connectivity index (χ4v) is 3.53. The fourth-order valence-electron chi connectivity index (χ4n) is 1.91. The van der Waals surface area contributed by atoms with Gasteiger partial charge in [-0.25, -0.2) is 4.39 Å². The van der Waals surface area contributed by atoms with Gasteiger partial charge in [0.1, 0.15) is 10.8 Å². The molecule has 0 aliphatic rings. The van der Waals surface area contributed by atoms with Crippen LogP contribution < -0.4 is 5.32 Å². The van der Waals surface area contributed by atoms with Crippen LogP contribution in [0.1, 0.15) is 20.9 Å². The molecule has 3 aromatic rings. The average Bonchev–Trinajstić information content (AvgIpc) is 3.02. The van der Waals surface area contributed by atoms with Crippen LogP contribution >= 0.6 is 23.1 Å². The molecule has 0 aliphatic carbocycles. The van der Waals surface area contributed by atoms with Crippen LogP contribution in [-0.2, 0) is 5.75 Å². The smallest absolute Gasteiger partial charge is 0.257 e. The largest absolute Gasteiger partial charge is 0.296 e. The Morgan fingerprint density at radius 1 is 1.12 bits per heavy atom. The Kier molecular flexibility index (Phi) is 5.22. The number of rotatable bonds is 5. The molecule has 7 heteroatoms. The van der Waals surface area contributed by atoms with E-state index in [1.165, 1.54) is 41.2 Å². The Balaban J connectivity index is 1.58. The average molecular weight is 359 g/mol. The Morgan fingerprint density at radius 3 is 2.54 bits per heavy atom. The highest BCUT2D eigenvalue weighted by molar-refractivity contribution is 7.98. The molecular formula is C17H14FN3OS2. The minimum absolute atomic E-state index is 0.330. The number of hydrogen-bond donors (Lipinski definition) is 1. The van der Waals surface area contributed by atoms with Gasteiger partial charge in [-0.2, -0.15) is 0 Å². The SMILES string of the molecule is Cc1ccc(SCc2nnc(NC(=O)c3ccc(F)cc3)s2)cc1. The lowest BCUT2D eigenvalue weighted by molar-refractivity contribution is 0.102. The molecule has 0 radical (unpaired) electrons. The number of halogens is 1. The van der Waals surface area contributed by atoms with Gasteiger partial charge in [0.25, 0.3) is 5.91 Å². The van der Waals surface area contributed by atoms with Gasteiger partial charge in [0.05, 0.1) is 5.75 Å². The lowest BCUT2D eigenvalue weighted by Crippen LogP contribution is -2.11. The van der Waals surface area contributed by atoms with Crippen molar-refractivity contribution in [2.75, 3.05) is 5.32 Å². The number of benzene rings is 2. The normalized spacial score (nSPS) is 10.6. The van der Waals surface area contributed by atoms with E-state index < -0.39 is 0 Å². The summed E-state index contributed by atoms with van der Waals surface area (Å²) in [5.41, 5.74) is 1.60. The number of nitrogens with one attached hydrogen (secondary N) is 1. The van der Waals surface area contributed by atoms with Crippen LogP contribution in [0.2, 0.25) is 0 Å². The number of carbonyl (C=O) groups is 1. The van der Waals surface area contributed by atoms with Crippen LogP contribution in [-0.4, -0.2) is 16.1 Å². The zero-order valence-electron chi connectivity index (χ0n) is 12.8. The fraction of sp³-hybridized carbons (Fsp3) is 0.118. The number of nitrogens with zero attached hydrogens (tertiary/aromatic N) is 2. The molecule has 0 fully saturated rings. The summed E-state index contributed by atoms with van der Waals surface area (Å²) in [4.78, 5) is 13.2.